The van der Waals surface area contributed by atoms with E-state index in [4.69, 9.17) is 11.6 Å². The fourth-order valence-electron chi connectivity index (χ4n) is 2.07. The van der Waals surface area contributed by atoms with E-state index in [1.165, 1.54) is 0 Å². The van der Waals surface area contributed by atoms with Crippen molar-refractivity contribution in [3.8, 4) is 0 Å². The van der Waals surface area contributed by atoms with E-state index < -0.39 is 0 Å². The molecular formula is C13H14ClN5. The third kappa shape index (κ3) is 2.46. The lowest BCUT2D eigenvalue weighted by atomic mass is 10.3. The summed E-state index contributed by atoms with van der Waals surface area (Å²) in [6, 6.07) is 4.07. The summed E-state index contributed by atoms with van der Waals surface area (Å²) in [4.78, 5) is 4.61. The maximum absolute atomic E-state index is 5.68. The second-order valence-electron chi connectivity index (χ2n) is 4.50. The summed E-state index contributed by atoms with van der Waals surface area (Å²) in [7, 11) is 0. The number of rotatable bonds is 4. The zero-order valence-corrected chi connectivity index (χ0v) is 11.4. The Morgan fingerprint density at radius 2 is 2.16 bits per heavy atom. The summed E-state index contributed by atoms with van der Waals surface area (Å²) < 4.78 is 3.82. The fourth-order valence-corrected chi connectivity index (χ4v) is 2.27. The number of hydrogen-bond acceptors (Lipinski definition) is 3. The molecule has 0 saturated carbocycles. The van der Waals surface area contributed by atoms with Gasteiger partial charge in [0.2, 0.25) is 0 Å². The first kappa shape index (κ1) is 12.2. The molecule has 6 heteroatoms. The Balaban J connectivity index is 1.86. The molecule has 0 atom stereocenters. The van der Waals surface area contributed by atoms with Crippen LogP contribution in [-0.2, 0) is 13.0 Å². The van der Waals surface area contributed by atoms with Crippen molar-refractivity contribution in [3.63, 3.8) is 0 Å². The van der Waals surface area contributed by atoms with Crippen molar-refractivity contribution < 1.29 is 0 Å². The molecule has 0 aliphatic carbocycles. The average Bonchev–Trinajstić information content (AvgIpc) is 2.98. The summed E-state index contributed by atoms with van der Waals surface area (Å²) in [6.45, 7) is 2.68. The molecule has 98 valence electrons. The molecule has 0 aromatic carbocycles. The van der Waals surface area contributed by atoms with Crippen LogP contribution in [0.3, 0.4) is 0 Å². The molecule has 19 heavy (non-hydrogen) atoms. The van der Waals surface area contributed by atoms with Crippen LogP contribution in [0.25, 0.3) is 5.65 Å². The Labute approximate surface area is 115 Å². The van der Waals surface area contributed by atoms with Crippen LogP contribution >= 0.6 is 11.6 Å². The molecule has 0 spiro atoms. The van der Waals surface area contributed by atoms with E-state index >= 15 is 0 Å². The number of hydrogen-bond donors (Lipinski definition) is 0. The summed E-state index contributed by atoms with van der Waals surface area (Å²) in [6.07, 6.45) is 6.68. The van der Waals surface area contributed by atoms with E-state index in [2.05, 4.69) is 28.3 Å². The standard InChI is InChI=1S/C13H14ClN5/c1-10-3-2-6-18-7-12(15-13(10)18)9-19-8-11(4-5-14)16-17-19/h2-3,6-8H,4-5,9H2,1H3. The molecule has 3 aromatic heterocycles. The van der Waals surface area contributed by atoms with Gasteiger partial charge in [0.15, 0.2) is 0 Å². The van der Waals surface area contributed by atoms with Crippen LogP contribution < -0.4 is 0 Å². The molecule has 0 bridgehead atoms. The Hall–Kier alpha value is -1.88. The first-order valence-corrected chi connectivity index (χ1v) is 6.68. The lowest BCUT2D eigenvalue weighted by Crippen LogP contribution is -2.00. The van der Waals surface area contributed by atoms with Gasteiger partial charge in [-0.25, -0.2) is 9.67 Å². The number of nitrogens with zero attached hydrogens (tertiary/aromatic N) is 5. The average molecular weight is 276 g/mol. The van der Waals surface area contributed by atoms with E-state index in [0.717, 1.165) is 29.0 Å². The van der Waals surface area contributed by atoms with E-state index in [0.29, 0.717) is 12.4 Å². The lowest BCUT2D eigenvalue weighted by Gasteiger charge is -1.94. The van der Waals surface area contributed by atoms with Gasteiger partial charge in [0.25, 0.3) is 0 Å². The number of fused-ring (bicyclic) bond motifs is 1. The monoisotopic (exact) mass is 275 g/mol. The van der Waals surface area contributed by atoms with Crippen molar-refractivity contribution >= 4 is 17.2 Å². The number of alkyl halides is 1. The van der Waals surface area contributed by atoms with Gasteiger partial charge in [-0.1, -0.05) is 11.3 Å². The van der Waals surface area contributed by atoms with Crippen LogP contribution in [0.4, 0.5) is 0 Å². The molecule has 0 saturated heterocycles. The van der Waals surface area contributed by atoms with Gasteiger partial charge in [0.1, 0.15) is 5.65 Å². The number of pyridine rings is 1. The molecular weight excluding hydrogens is 262 g/mol. The third-order valence-electron chi connectivity index (χ3n) is 2.99. The highest BCUT2D eigenvalue weighted by Gasteiger charge is 2.06. The highest BCUT2D eigenvalue weighted by atomic mass is 35.5. The van der Waals surface area contributed by atoms with Crippen LogP contribution in [0.5, 0.6) is 0 Å². The maximum Gasteiger partial charge on any atom is 0.140 e. The molecule has 0 aliphatic rings. The summed E-state index contributed by atoms with van der Waals surface area (Å²) in [5, 5.41) is 8.15. The van der Waals surface area contributed by atoms with Crippen LogP contribution in [-0.4, -0.2) is 30.3 Å². The minimum atomic E-state index is 0.562. The zero-order chi connectivity index (χ0) is 13.2. The molecule has 5 nitrogen and oxygen atoms in total. The van der Waals surface area contributed by atoms with Crippen LogP contribution in [0, 0.1) is 6.92 Å². The van der Waals surface area contributed by atoms with Crippen molar-refractivity contribution in [2.45, 2.75) is 19.9 Å². The predicted octanol–water partition coefficient (Wildman–Crippen LogP) is 2.06. The molecule has 0 N–H and O–H groups in total. The normalized spacial score (nSPS) is 11.3. The van der Waals surface area contributed by atoms with E-state index in [1.807, 2.05) is 29.1 Å². The molecule has 3 heterocycles. The highest BCUT2D eigenvalue weighted by Crippen LogP contribution is 2.10. The van der Waals surface area contributed by atoms with Crippen LogP contribution in [0.1, 0.15) is 17.0 Å². The number of imidazole rings is 1. The van der Waals surface area contributed by atoms with Crippen molar-refractivity contribution in [2.75, 3.05) is 5.88 Å². The minimum absolute atomic E-state index is 0.562. The van der Waals surface area contributed by atoms with Crippen molar-refractivity contribution in [3.05, 3.63) is 47.7 Å². The zero-order valence-electron chi connectivity index (χ0n) is 10.6. The molecule has 0 fully saturated rings. The second-order valence-corrected chi connectivity index (χ2v) is 4.88. The smallest absolute Gasteiger partial charge is 0.140 e. The third-order valence-corrected chi connectivity index (χ3v) is 3.18. The molecule has 0 radical (unpaired) electrons. The van der Waals surface area contributed by atoms with E-state index in [1.54, 1.807) is 4.68 Å². The lowest BCUT2D eigenvalue weighted by molar-refractivity contribution is 0.640. The topological polar surface area (TPSA) is 48.0 Å². The minimum Gasteiger partial charge on any atom is -0.307 e. The van der Waals surface area contributed by atoms with Gasteiger partial charge in [-0.15, -0.1) is 16.7 Å². The molecule has 0 unspecified atom stereocenters. The van der Waals surface area contributed by atoms with Gasteiger partial charge < -0.3 is 4.40 Å². The number of aryl methyl sites for hydroxylation is 2. The summed E-state index contributed by atoms with van der Waals surface area (Å²) in [5.41, 5.74) is 4.03. The fraction of sp³-hybridized carbons (Fsp3) is 0.308. The SMILES string of the molecule is Cc1cccn2cc(Cn3cc(CCCl)nn3)nc12. The highest BCUT2D eigenvalue weighted by molar-refractivity contribution is 6.17. The molecule has 3 aromatic rings. The van der Waals surface area contributed by atoms with Crippen LogP contribution in [0.2, 0.25) is 0 Å². The van der Waals surface area contributed by atoms with E-state index in [-0.39, 0.29) is 0 Å². The van der Waals surface area contributed by atoms with Gasteiger partial charge in [0, 0.05) is 30.9 Å². The van der Waals surface area contributed by atoms with Gasteiger partial charge in [-0.05, 0) is 18.6 Å². The Bertz CT molecular complexity index is 700. The predicted molar refractivity (Wildman–Crippen MR) is 73.5 cm³/mol. The molecule has 3 rings (SSSR count). The van der Waals surface area contributed by atoms with Gasteiger partial charge in [-0.3, -0.25) is 0 Å². The summed E-state index contributed by atoms with van der Waals surface area (Å²) >= 11 is 5.68. The molecule has 0 amide bonds. The largest absolute Gasteiger partial charge is 0.307 e. The number of halogens is 1. The molecule has 0 aliphatic heterocycles. The quantitative estimate of drug-likeness (QED) is 0.685. The first-order chi connectivity index (χ1) is 9.26. The van der Waals surface area contributed by atoms with Crippen molar-refractivity contribution in [1.82, 2.24) is 24.4 Å². The van der Waals surface area contributed by atoms with Crippen LogP contribution in [0.15, 0.2) is 30.7 Å². The van der Waals surface area contributed by atoms with Crippen molar-refractivity contribution in [2.24, 2.45) is 0 Å². The number of aromatic nitrogens is 5. The Morgan fingerprint density at radius 3 is 2.95 bits per heavy atom. The van der Waals surface area contributed by atoms with Crippen molar-refractivity contribution in [1.29, 1.82) is 0 Å². The first-order valence-electron chi connectivity index (χ1n) is 6.14. The second kappa shape index (κ2) is 5.01. The van der Waals surface area contributed by atoms with E-state index in [9.17, 15) is 0 Å². The Kier molecular flexibility index (Phi) is 3.21. The van der Waals surface area contributed by atoms with Gasteiger partial charge in [-0.2, -0.15) is 0 Å². The Morgan fingerprint density at radius 1 is 1.26 bits per heavy atom. The van der Waals surface area contributed by atoms with Gasteiger partial charge >= 0.3 is 0 Å². The summed E-state index contributed by atoms with van der Waals surface area (Å²) in [5.74, 6) is 0.562. The van der Waals surface area contributed by atoms with Gasteiger partial charge in [0.05, 0.1) is 17.9 Å². The maximum atomic E-state index is 5.68.